The van der Waals surface area contributed by atoms with E-state index in [0.29, 0.717) is 6.54 Å². The second-order valence-electron chi connectivity index (χ2n) is 5.60. The average Bonchev–Trinajstić information content (AvgIpc) is 2.24. The Bertz CT molecular complexity index is 314. The molecular weight excluding hydrogens is 246 g/mol. The van der Waals surface area contributed by atoms with Crippen LogP contribution in [-0.2, 0) is 4.79 Å². The number of urea groups is 1. The van der Waals surface area contributed by atoms with Crippen LogP contribution in [0.15, 0.2) is 0 Å². The highest BCUT2D eigenvalue weighted by atomic mass is 16.4. The summed E-state index contributed by atoms with van der Waals surface area (Å²) in [6.45, 7) is 1.63. The minimum Gasteiger partial charge on any atom is -0.481 e. The molecule has 1 saturated carbocycles. The lowest BCUT2D eigenvalue weighted by Gasteiger charge is -2.41. The Balaban J connectivity index is 2.17. The number of amides is 2. The van der Waals surface area contributed by atoms with E-state index in [0.717, 1.165) is 38.6 Å². The molecule has 19 heavy (non-hydrogen) atoms. The van der Waals surface area contributed by atoms with Crippen LogP contribution in [0.25, 0.3) is 0 Å². The van der Waals surface area contributed by atoms with E-state index in [1.807, 2.05) is 14.1 Å². The molecule has 2 amide bonds. The van der Waals surface area contributed by atoms with Gasteiger partial charge in [0, 0.05) is 6.54 Å². The lowest BCUT2D eigenvalue weighted by molar-refractivity contribution is -0.139. The Hall–Kier alpha value is -1.30. The number of carboxylic acids is 1. The monoisotopic (exact) mass is 271 g/mol. The summed E-state index contributed by atoms with van der Waals surface area (Å²) in [5.74, 6) is -0.856. The first-order chi connectivity index (χ1) is 8.93. The number of aliphatic carboxylic acids is 1. The summed E-state index contributed by atoms with van der Waals surface area (Å²) < 4.78 is 0. The third kappa shape index (κ3) is 5.92. The molecule has 1 aliphatic rings. The van der Waals surface area contributed by atoms with Crippen LogP contribution < -0.4 is 10.6 Å². The van der Waals surface area contributed by atoms with Gasteiger partial charge in [-0.15, -0.1) is 0 Å². The lowest BCUT2D eigenvalue weighted by Crippen LogP contribution is -2.57. The zero-order valence-electron chi connectivity index (χ0n) is 11.9. The van der Waals surface area contributed by atoms with Crippen molar-refractivity contribution in [2.24, 2.45) is 0 Å². The molecule has 3 N–H and O–H groups in total. The lowest BCUT2D eigenvalue weighted by atomic mass is 9.74. The molecule has 110 valence electrons. The number of carboxylic acid groups (broad SMARTS) is 1. The number of unbranched alkanes of at least 4 members (excludes halogenated alkanes) is 1. The van der Waals surface area contributed by atoms with Crippen molar-refractivity contribution in [2.45, 2.75) is 44.1 Å². The molecule has 0 saturated heterocycles. The zero-order chi connectivity index (χ0) is 14.3. The molecule has 0 radical (unpaired) electrons. The molecule has 0 atom stereocenters. The Morgan fingerprint density at radius 1 is 1.26 bits per heavy atom. The third-order valence-electron chi connectivity index (χ3n) is 3.50. The maximum atomic E-state index is 11.7. The predicted octanol–water partition coefficient (Wildman–Crippen LogP) is 1.02. The fourth-order valence-electron chi connectivity index (χ4n) is 2.28. The molecule has 0 aliphatic heterocycles. The van der Waals surface area contributed by atoms with Crippen molar-refractivity contribution in [3.05, 3.63) is 0 Å². The van der Waals surface area contributed by atoms with Gasteiger partial charge in [-0.2, -0.15) is 0 Å². The van der Waals surface area contributed by atoms with Gasteiger partial charge in [-0.05, 0) is 52.7 Å². The van der Waals surface area contributed by atoms with Gasteiger partial charge in [0.15, 0.2) is 0 Å². The van der Waals surface area contributed by atoms with E-state index in [2.05, 4.69) is 15.5 Å². The molecule has 1 fully saturated rings. The van der Waals surface area contributed by atoms with Gasteiger partial charge in [0.25, 0.3) is 0 Å². The molecular formula is C13H25N3O3. The van der Waals surface area contributed by atoms with E-state index in [4.69, 9.17) is 5.11 Å². The van der Waals surface area contributed by atoms with Crippen molar-refractivity contribution in [3.8, 4) is 0 Å². The normalized spacial score (nSPS) is 16.8. The second kappa shape index (κ2) is 7.33. The highest BCUT2D eigenvalue weighted by molar-refractivity contribution is 5.77. The molecule has 0 heterocycles. The van der Waals surface area contributed by atoms with Crippen LogP contribution in [0.5, 0.6) is 0 Å². The van der Waals surface area contributed by atoms with Crippen LogP contribution >= 0.6 is 0 Å². The van der Waals surface area contributed by atoms with Crippen LogP contribution in [0.2, 0.25) is 0 Å². The maximum Gasteiger partial charge on any atom is 0.315 e. The van der Waals surface area contributed by atoms with Crippen LogP contribution in [0.1, 0.15) is 38.5 Å². The van der Waals surface area contributed by atoms with Crippen molar-refractivity contribution < 1.29 is 14.7 Å². The topological polar surface area (TPSA) is 81.7 Å². The van der Waals surface area contributed by atoms with E-state index in [1.165, 1.54) is 0 Å². The molecule has 0 aromatic heterocycles. The molecule has 0 unspecified atom stereocenters. The van der Waals surface area contributed by atoms with Gasteiger partial charge in [0.1, 0.15) is 0 Å². The standard InChI is InChI=1S/C13H25N3O3/c1-16(2)9-4-3-8-14-12(19)15-13(6-5-7-13)10-11(17)18/h3-10H2,1-2H3,(H,17,18)(H2,14,15,19). The molecule has 1 rings (SSSR count). The smallest absolute Gasteiger partial charge is 0.315 e. The molecule has 0 aromatic rings. The summed E-state index contributed by atoms with van der Waals surface area (Å²) in [5, 5.41) is 14.5. The number of carbonyl (C=O) groups excluding carboxylic acids is 1. The van der Waals surface area contributed by atoms with Crippen molar-refractivity contribution in [2.75, 3.05) is 27.2 Å². The Morgan fingerprint density at radius 2 is 1.95 bits per heavy atom. The van der Waals surface area contributed by atoms with Crippen molar-refractivity contribution >= 4 is 12.0 Å². The van der Waals surface area contributed by atoms with Gasteiger partial charge in [0.05, 0.1) is 12.0 Å². The summed E-state index contributed by atoms with van der Waals surface area (Å²) >= 11 is 0. The van der Waals surface area contributed by atoms with Crippen molar-refractivity contribution in [3.63, 3.8) is 0 Å². The number of rotatable bonds is 8. The summed E-state index contributed by atoms with van der Waals surface area (Å²) in [5.41, 5.74) is -0.514. The van der Waals surface area contributed by atoms with E-state index in [9.17, 15) is 9.59 Å². The summed E-state index contributed by atoms with van der Waals surface area (Å²) in [4.78, 5) is 24.6. The average molecular weight is 271 g/mol. The van der Waals surface area contributed by atoms with Crippen LogP contribution in [-0.4, -0.2) is 54.7 Å². The first-order valence-electron chi connectivity index (χ1n) is 6.86. The predicted molar refractivity (Wildman–Crippen MR) is 73.2 cm³/mol. The Labute approximate surface area is 114 Å². The van der Waals surface area contributed by atoms with Gasteiger partial charge in [-0.3, -0.25) is 4.79 Å². The van der Waals surface area contributed by atoms with Gasteiger partial charge in [0.2, 0.25) is 0 Å². The molecule has 0 bridgehead atoms. The summed E-state index contributed by atoms with van der Waals surface area (Å²) in [7, 11) is 4.04. The number of hydrogen-bond donors (Lipinski definition) is 3. The van der Waals surface area contributed by atoms with E-state index < -0.39 is 11.5 Å². The minimum atomic E-state index is -0.856. The maximum absolute atomic E-state index is 11.7. The largest absolute Gasteiger partial charge is 0.481 e. The Morgan fingerprint density at radius 3 is 2.42 bits per heavy atom. The number of hydrogen-bond acceptors (Lipinski definition) is 3. The highest BCUT2D eigenvalue weighted by Crippen LogP contribution is 2.34. The third-order valence-corrected chi connectivity index (χ3v) is 3.50. The van der Waals surface area contributed by atoms with Gasteiger partial charge < -0.3 is 20.6 Å². The van der Waals surface area contributed by atoms with Crippen molar-refractivity contribution in [1.29, 1.82) is 0 Å². The summed E-state index contributed by atoms with van der Waals surface area (Å²) in [6, 6.07) is -0.245. The van der Waals surface area contributed by atoms with Crippen molar-refractivity contribution in [1.82, 2.24) is 15.5 Å². The summed E-state index contributed by atoms with van der Waals surface area (Å²) in [6.07, 6.45) is 4.48. The van der Waals surface area contributed by atoms with Gasteiger partial charge >= 0.3 is 12.0 Å². The minimum absolute atomic E-state index is 0.0149. The fraction of sp³-hybridized carbons (Fsp3) is 0.846. The van der Waals surface area contributed by atoms with Gasteiger partial charge in [-0.1, -0.05) is 0 Å². The number of nitrogens with zero attached hydrogens (tertiary/aromatic N) is 1. The molecule has 6 nitrogen and oxygen atoms in total. The quantitative estimate of drug-likeness (QED) is 0.576. The Kier molecular flexibility index (Phi) is 6.08. The molecule has 0 spiro atoms. The van der Waals surface area contributed by atoms with Crippen LogP contribution in [0.3, 0.4) is 0 Å². The fourth-order valence-corrected chi connectivity index (χ4v) is 2.28. The second-order valence-corrected chi connectivity index (χ2v) is 5.60. The zero-order valence-corrected chi connectivity index (χ0v) is 11.9. The van der Waals surface area contributed by atoms with E-state index in [1.54, 1.807) is 0 Å². The molecule has 1 aliphatic carbocycles. The van der Waals surface area contributed by atoms with Crippen LogP contribution in [0.4, 0.5) is 4.79 Å². The number of carbonyl (C=O) groups is 2. The highest BCUT2D eigenvalue weighted by Gasteiger charge is 2.40. The van der Waals surface area contributed by atoms with E-state index >= 15 is 0 Å². The SMILES string of the molecule is CN(C)CCCCNC(=O)NC1(CC(=O)O)CCC1. The van der Waals surface area contributed by atoms with Crippen LogP contribution in [0, 0.1) is 0 Å². The molecule has 0 aromatic carbocycles. The number of nitrogens with one attached hydrogen (secondary N) is 2. The first kappa shape index (κ1) is 15.8. The van der Waals surface area contributed by atoms with E-state index in [-0.39, 0.29) is 12.5 Å². The first-order valence-corrected chi connectivity index (χ1v) is 6.86. The molecule has 6 heteroatoms. The van der Waals surface area contributed by atoms with Gasteiger partial charge in [-0.25, -0.2) is 4.79 Å².